The number of nitrogens with one attached hydrogen (secondary N) is 3. The molecule has 488 valence electrons. The molecule has 0 atom stereocenters. The molecule has 0 fully saturated rings. The molecule has 0 saturated heterocycles. The van der Waals surface area contributed by atoms with Crippen molar-refractivity contribution >= 4 is 145 Å². The van der Waals surface area contributed by atoms with Crippen LogP contribution in [-0.4, -0.2) is 92.7 Å². The van der Waals surface area contributed by atoms with Gasteiger partial charge in [-0.25, -0.2) is 16.8 Å². The molecule has 15 aromatic rings. The second-order valence-corrected chi connectivity index (χ2v) is 30.2. The van der Waals surface area contributed by atoms with E-state index in [1.165, 1.54) is 0 Å². The predicted molar refractivity (Wildman–Crippen MR) is 396 cm³/mol. The maximum Gasteiger partial charge on any atom is 0.339 e. The molecule has 0 bridgehead atoms. The lowest BCUT2D eigenvalue weighted by Gasteiger charge is -2.17. The summed E-state index contributed by atoms with van der Waals surface area (Å²) in [6.07, 6.45) is 0. The molecule has 3 aromatic heterocycles. The van der Waals surface area contributed by atoms with E-state index in [1.807, 2.05) is 229 Å². The van der Waals surface area contributed by atoms with Crippen molar-refractivity contribution in [3.05, 3.63) is 234 Å². The van der Waals surface area contributed by atoms with E-state index < -0.39 is 29.8 Å². The molecule has 0 spiro atoms. The van der Waals surface area contributed by atoms with Crippen LogP contribution in [-0.2, 0) is 41.3 Å². The predicted octanol–water partition coefficient (Wildman–Crippen LogP) is 17.3. The van der Waals surface area contributed by atoms with Gasteiger partial charge in [-0.3, -0.25) is 0 Å². The molecule has 12 aromatic carbocycles. The number of anilines is 3. The van der Waals surface area contributed by atoms with Crippen LogP contribution in [0.3, 0.4) is 0 Å². The third-order valence-corrected chi connectivity index (χ3v) is 22.5. The summed E-state index contributed by atoms with van der Waals surface area (Å²) in [4.78, 5) is 16.8. The van der Waals surface area contributed by atoms with Crippen LogP contribution in [0.2, 0.25) is 0 Å². The number of nitrogens with zero attached hydrogens (tertiary/aromatic N) is 3. The summed E-state index contributed by atoms with van der Waals surface area (Å²) in [7, 11) is 0.459. The highest BCUT2D eigenvalue weighted by atomic mass is 32.2. The fourth-order valence-electron chi connectivity index (χ4n) is 13.1. The second-order valence-electron chi connectivity index (χ2n) is 24.8. The Bertz CT molecular complexity index is 5820. The lowest BCUT2D eigenvalue weighted by atomic mass is 10.1. The number of hydrogen-bond donors (Lipinski definition) is 5. The largest absolute Gasteiger partial charge is 0.508 e. The summed E-state index contributed by atoms with van der Waals surface area (Å²) in [5.41, 5.74) is 12.4. The van der Waals surface area contributed by atoms with Gasteiger partial charge in [-0.05, 0) is 134 Å². The minimum Gasteiger partial charge on any atom is -0.508 e. The highest BCUT2D eigenvalue weighted by Gasteiger charge is 2.26. The average Bonchev–Trinajstić information content (AvgIpc) is 1.58. The summed E-state index contributed by atoms with van der Waals surface area (Å²) in [6.45, 7) is 5.90. The molecule has 15 rings (SSSR count). The molecule has 0 radical (unpaired) electrons. The van der Waals surface area contributed by atoms with Crippen LogP contribution < -0.4 is 18.9 Å². The summed E-state index contributed by atoms with van der Waals surface area (Å²) >= 11 is 0. The molecule has 5 N–H and O–H groups in total. The number of hydrogen-bond acceptors (Lipinski definition) is 12. The van der Waals surface area contributed by atoms with E-state index in [2.05, 4.69) is 15.0 Å². The topological polar surface area (TPSA) is 209 Å². The fourth-order valence-corrected chi connectivity index (χ4v) is 17.6. The van der Waals surface area contributed by atoms with Gasteiger partial charge in [0.15, 0.2) is 25.4 Å². The van der Waals surface area contributed by atoms with Crippen LogP contribution in [0.1, 0.15) is 35.2 Å². The van der Waals surface area contributed by atoms with E-state index >= 15 is 0 Å². The van der Waals surface area contributed by atoms with Gasteiger partial charge in [0.2, 0.25) is 0 Å². The number of phenols is 2. The molecular formula is C78H74N6O9S3. The van der Waals surface area contributed by atoms with E-state index in [0.717, 1.165) is 132 Å². The molecule has 18 heteroatoms. The van der Waals surface area contributed by atoms with Gasteiger partial charge in [0, 0.05) is 153 Å². The second kappa shape index (κ2) is 25.3. The number of aryl methyl sites for hydroxylation is 3. The normalized spacial score (nSPS) is 11.9. The van der Waals surface area contributed by atoms with E-state index in [-0.39, 0.29) is 41.1 Å². The van der Waals surface area contributed by atoms with E-state index in [1.54, 1.807) is 54.6 Å². The Kier molecular flexibility index (Phi) is 17.3. The molecule has 0 unspecified atom stereocenters. The van der Waals surface area contributed by atoms with Crippen LogP contribution in [0.15, 0.2) is 221 Å². The molecule has 3 heterocycles. The Morgan fingerprint density at radius 3 is 1.30 bits per heavy atom. The third-order valence-electron chi connectivity index (χ3n) is 17.8. The van der Waals surface area contributed by atoms with E-state index in [4.69, 9.17) is 4.18 Å². The van der Waals surface area contributed by atoms with Crippen LogP contribution in [0.5, 0.6) is 17.2 Å². The first-order chi connectivity index (χ1) is 45.3. The Morgan fingerprint density at radius 2 is 0.760 bits per heavy atom. The zero-order valence-corrected chi connectivity index (χ0v) is 56.3. The number of aromatic nitrogens is 3. The molecule has 0 saturated carbocycles. The van der Waals surface area contributed by atoms with Crippen molar-refractivity contribution in [2.75, 3.05) is 57.0 Å². The highest BCUT2D eigenvalue weighted by molar-refractivity contribution is 7.91. The number of rotatable bonds is 12. The molecule has 0 aliphatic carbocycles. The number of benzene rings is 12. The first-order valence-corrected chi connectivity index (χ1v) is 35.5. The van der Waals surface area contributed by atoms with Gasteiger partial charge in [0.25, 0.3) is 0 Å². The van der Waals surface area contributed by atoms with Crippen molar-refractivity contribution in [2.45, 2.75) is 54.4 Å². The maximum absolute atomic E-state index is 13.5. The minimum atomic E-state index is -4.06. The molecular weight excluding hydrogens is 1260 g/mol. The zero-order chi connectivity index (χ0) is 67.0. The number of phenolic OH excluding ortho intramolecular Hbond substituents is 2. The highest BCUT2D eigenvalue weighted by Crippen LogP contribution is 2.40. The van der Waals surface area contributed by atoms with Crippen LogP contribution in [0.4, 0.5) is 17.1 Å². The number of para-hydroxylation sites is 1. The van der Waals surface area contributed by atoms with Crippen molar-refractivity contribution in [1.82, 2.24) is 15.0 Å². The Labute approximate surface area is 558 Å². The number of aromatic hydroxyl groups is 2. The smallest absolute Gasteiger partial charge is 0.339 e. The van der Waals surface area contributed by atoms with E-state index in [9.17, 15) is 35.5 Å². The Hall–Kier alpha value is -10.5. The van der Waals surface area contributed by atoms with Gasteiger partial charge < -0.3 is 44.0 Å². The molecule has 0 aliphatic heterocycles. The lowest BCUT2D eigenvalue weighted by Crippen LogP contribution is -2.12. The van der Waals surface area contributed by atoms with Crippen molar-refractivity contribution in [2.24, 2.45) is 0 Å². The van der Waals surface area contributed by atoms with Gasteiger partial charge in [0.05, 0.1) is 37.8 Å². The number of aromatic amines is 3. The van der Waals surface area contributed by atoms with Gasteiger partial charge in [-0.1, -0.05) is 117 Å². The Morgan fingerprint density at radius 1 is 0.365 bits per heavy atom. The van der Waals surface area contributed by atoms with Crippen molar-refractivity contribution in [3.8, 4) is 17.2 Å². The van der Waals surface area contributed by atoms with Gasteiger partial charge in [-0.15, -0.1) is 0 Å². The molecule has 96 heavy (non-hydrogen) atoms. The van der Waals surface area contributed by atoms with Crippen LogP contribution >= 0.6 is 0 Å². The first kappa shape index (κ1) is 65.5. The maximum atomic E-state index is 13.5. The number of sulfone groups is 2. The van der Waals surface area contributed by atoms with Crippen LogP contribution in [0, 0.1) is 20.8 Å². The summed E-state index contributed by atoms with van der Waals surface area (Å²) < 4.78 is 86.6. The number of fused-ring (bicyclic) bond motifs is 12. The number of H-pyrrole nitrogens is 3. The third kappa shape index (κ3) is 12.1. The molecule has 0 amide bonds. The first-order valence-electron chi connectivity index (χ1n) is 30.8. The molecule has 0 aliphatic rings. The lowest BCUT2D eigenvalue weighted by molar-refractivity contribution is 0.475. The quantitative estimate of drug-likeness (QED) is 0.0724. The SMILES string of the molecule is C.Cc1c(CS(=O)(=O)c2cccc3c(N(C)C)cccc23)ccc2c1[nH]c1cc(O)ccc12.Cc1cc2c(cc1CS(=O)(=O)c1cccc3c(N(C)C)cccc13)[nH]c1cc(O)ccc12.Cc1ccc2c(c1)[nH]c1c(OS(=O)(=O)c3cccc4c(N(C)C)cccc34)cccc12. The van der Waals surface area contributed by atoms with Gasteiger partial charge >= 0.3 is 10.1 Å². The van der Waals surface area contributed by atoms with Crippen molar-refractivity contribution in [1.29, 1.82) is 0 Å². The zero-order valence-electron chi connectivity index (χ0n) is 53.9. The Balaban J connectivity index is 0.000000137. The standard InChI is InChI=1S/2C26H24N2O3S.C25H22N2O3S.CH4/c1-16-17(10-12-22-19-13-11-18(29)14-23(19)27-26(16)22)15-32(30,31)25-9-5-6-20-21(25)7-4-8-24(20)28(2)3;1-16-12-22-19-11-10-18(29)14-24(19)27-23(22)13-17(16)15-32(30,31)26-9-5-6-20-21(26)7-4-8-25(20)28(2)3;1-16-13-14-17-20-9-5-11-23(25(20)26-21(17)15-16)30-31(28,29)24-12-6-7-18-19(24)8-4-10-22(18)27(2)3;/h2*4-14,27,29H,15H2,1-3H3;4-15,26H,1-3H3;1H4. The van der Waals surface area contributed by atoms with Crippen molar-refractivity contribution in [3.63, 3.8) is 0 Å². The summed E-state index contributed by atoms with van der Waals surface area (Å²) in [5, 5.41) is 30.4. The van der Waals surface area contributed by atoms with Gasteiger partial charge in [0.1, 0.15) is 16.4 Å². The summed E-state index contributed by atoms with van der Waals surface area (Å²) in [6, 6.07) is 63.1. The average molecular weight is 1340 g/mol. The van der Waals surface area contributed by atoms with Gasteiger partial charge in [-0.2, -0.15) is 8.42 Å². The molecule has 15 nitrogen and oxygen atoms in total. The van der Waals surface area contributed by atoms with E-state index in [0.29, 0.717) is 20.7 Å². The minimum absolute atomic E-state index is 0. The fraction of sp³-hybridized carbons (Fsp3) is 0.154. The summed E-state index contributed by atoms with van der Waals surface area (Å²) in [5.74, 6) is 0.503. The van der Waals surface area contributed by atoms with Crippen LogP contribution in [0.25, 0.3) is 97.7 Å². The monoisotopic (exact) mass is 1330 g/mol. The van der Waals surface area contributed by atoms with Crippen molar-refractivity contribution < 1.29 is 39.6 Å².